The van der Waals surface area contributed by atoms with Gasteiger partial charge in [-0.1, -0.05) is 78.5 Å². The highest BCUT2D eigenvalue weighted by molar-refractivity contribution is 7.99. The average Bonchev–Trinajstić information content (AvgIpc) is 3.19. The lowest BCUT2D eigenvalue weighted by Gasteiger charge is -2.12. The van der Waals surface area contributed by atoms with Crippen molar-refractivity contribution < 1.29 is 14.3 Å². The summed E-state index contributed by atoms with van der Waals surface area (Å²) in [5.41, 5.74) is 1.14. The summed E-state index contributed by atoms with van der Waals surface area (Å²) in [6.45, 7) is 3.13. The summed E-state index contributed by atoms with van der Waals surface area (Å²) >= 11 is 1.50. The van der Waals surface area contributed by atoms with Gasteiger partial charge in [0.15, 0.2) is 11.0 Å². The second-order valence-corrected chi connectivity index (χ2v) is 8.20. The van der Waals surface area contributed by atoms with E-state index in [4.69, 9.17) is 9.47 Å². The summed E-state index contributed by atoms with van der Waals surface area (Å²) in [6, 6.07) is 24.3. The van der Waals surface area contributed by atoms with Crippen LogP contribution in [0.4, 0.5) is 0 Å². The topological polar surface area (TPSA) is 66.2 Å². The predicted octanol–water partition coefficient (Wildman–Crippen LogP) is 5.10. The number of hydrogen-bond donors (Lipinski definition) is 0. The SMILES string of the molecule is CCOC(=O)CCSc1nnc(COc2cccc3ccccc23)n1Cc1ccccc1. The molecule has 0 atom stereocenters. The van der Waals surface area contributed by atoms with E-state index in [0.29, 0.717) is 31.9 Å². The average molecular weight is 448 g/mol. The lowest BCUT2D eigenvalue weighted by atomic mass is 10.1. The van der Waals surface area contributed by atoms with E-state index in [9.17, 15) is 4.79 Å². The highest BCUT2D eigenvalue weighted by Crippen LogP contribution is 2.26. The van der Waals surface area contributed by atoms with E-state index in [1.54, 1.807) is 0 Å². The van der Waals surface area contributed by atoms with Gasteiger partial charge in [0.1, 0.15) is 12.4 Å². The first-order valence-corrected chi connectivity index (χ1v) is 11.6. The Hall–Kier alpha value is -3.32. The molecule has 0 aliphatic heterocycles. The van der Waals surface area contributed by atoms with Crippen LogP contribution in [0.5, 0.6) is 5.75 Å². The molecule has 0 amide bonds. The molecule has 0 aliphatic carbocycles. The van der Waals surface area contributed by atoms with Crippen LogP contribution in [0.1, 0.15) is 24.7 Å². The van der Waals surface area contributed by atoms with Crippen LogP contribution < -0.4 is 4.74 Å². The van der Waals surface area contributed by atoms with Crippen molar-refractivity contribution in [3.05, 3.63) is 84.2 Å². The summed E-state index contributed by atoms with van der Waals surface area (Å²) in [5.74, 6) is 1.93. The number of fused-ring (bicyclic) bond motifs is 1. The van der Waals surface area contributed by atoms with Crippen molar-refractivity contribution in [3.63, 3.8) is 0 Å². The maximum atomic E-state index is 11.7. The fourth-order valence-corrected chi connectivity index (χ4v) is 4.26. The number of rotatable bonds is 10. The Morgan fingerprint density at radius 2 is 1.75 bits per heavy atom. The molecule has 0 fully saturated rings. The first-order chi connectivity index (χ1) is 15.7. The minimum Gasteiger partial charge on any atom is -0.485 e. The summed E-state index contributed by atoms with van der Waals surface area (Å²) in [7, 11) is 0. The first-order valence-electron chi connectivity index (χ1n) is 10.6. The highest BCUT2D eigenvalue weighted by Gasteiger charge is 2.15. The molecule has 6 nitrogen and oxygen atoms in total. The van der Waals surface area contributed by atoms with Crippen molar-refractivity contribution in [2.75, 3.05) is 12.4 Å². The quantitative estimate of drug-likeness (QED) is 0.249. The molecule has 0 saturated heterocycles. The van der Waals surface area contributed by atoms with E-state index in [2.05, 4.69) is 45.1 Å². The Bertz CT molecular complexity index is 1170. The molecule has 0 radical (unpaired) electrons. The van der Waals surface area contributed by atoms with Gasteiger partial charge in [0.05, 0.1) is 19.6 Å². The summed E-state index contributed by atoms with van der Waals surface area (Å²) < 4.78 is 13.2. The van der Waals surface area contributed by atoms with Crippen LogP contribution in [0.3, 0.4) is 0 Å². The normalized spacial score (nSPS) is 10.9. The van der Waals surface area contributed by atoms with Gasteiger partial charge in [-0.25, -0.2) is 0 Å². The number of nitrogens with zero attached hydrogens (tertiary/aromatic N) is 3. The molecule has 0 spiro atoms. The Labute approximate surface area is 191 Å². The van der Waals surface area contributed by atoms with Gasteiger partial charge >= 0.3 is 5.97 Å². The lowest BCUT2D eigenvalue weighted by Crippen LogP contribution is -2.10. The molecule has 4 aromatic rings. The molecule has 164 valence electrons. The van der Waals surface area contributed by atoms with Crippen LogP contribution in [0, 0.1) is 0 Å². The van der Waals surface area contributed by atoms with Crippen molar-refractivity contribution in [1.29, 1.82) is 0 Å². The van der Waals surface area contributed by atoms with Crippen molar-refractivity contribution >= 4 is 28.5 Å². The van der Waals surface area contributed by atoms with Crippen LogP contribution in [0.15, 0.2) is 78.0 Å². The third-order valence-corrected chi connectivity index (χ3v) is 5.89. The van der Waals surface area contributed by atoms with Crippen LogP contribution in [0.25, 0.3) is 10.8 Å². The third-order valence-electron chi connectivity index (χ3n) is 4.93. The Morgan fingerprint density at radius 3 is 2.59 bits per heavy atom. The van der Waals surface area contributed by atoms with Gasteiger partial charge in [0.2, 0.25) is 0 Å². The van der Waals surface area contributed by atoms with E-state index in [0.717, 1.165) is 33.1 Å². The molecule has 0 saturated carbocycles. The van der Waals surface area contributed by atoms with Gasteiger partial charge < -0.3 is 9.47 Å². The molecule has 1 aromatic heterocycles. The summed E-state index contributed by atoms with van der Waals surface area (Å²) in [4.78, 5) is 11.7. The van der Waals surface area contributed by atoms with E-state index >= 15 is 0 Å². The smallest absolute Gasteiger partial charge is 0.306 e. The van der Waals surface area contributed by atoms with Crippen LogP contribution in [-0.4, -0.2) is 33.1 Å². The molecule has 3 aromatic carbocycles. The summed E-state index contributed by atoms with van der Waals surface area (Å²) in [6.07, 6.45) is 0.332. The number of aromatic nitrogens is 3. The second kappa shape index (κ2) is 10.8. The molecule has 1 heterocycles. The zero-order valence-electron chi connectivity index (χ0n) is 17.9. The molecule has 0 bridgehead atoms. The number of thioether (sulfide) groups is 1. The van der Waals surface area contributed by atoms with Gasteiger partial charge in [-0.05, 0) is 23.9 Å². The van der Waals surface area contributed by atoms with Gasteiger partial charge in [-0.3, -0.25) is 9.36 Å². The first kappa shape index (κ1) is 21.9. The standard InChI is InChI=1S/C25H25N3O3S/c1-2-30-24(29)15-16-32-25-27-26-23(28(25)17-19-9-4-3-5-10-19)18-31-22-14-8-12-20-11-6-7-13-21(20)22/h3-14H,2,15-18H2,1H3. The number of carbonyl (C=O) groups excluding carboxylic acids is 1. The van der Waals surface area contributed by atoms with E-state index in [1.165, 1.54) is 11.8 Å². The number of hydrogen-bond acceptors (Lipinski definition) is 6. The van der Waals surface area contributed by atoms with Crippen LogP contribution in [-0.2, 0) is 22.7 Å². The molecular formula is C25H25N3O3S. The molecule has 32 heavy (non-hydrogen) atoms. The molecule has 0 N–H and O–H groups in total. The van der Waals surface area contributed by atoms with Crippen molar-refractivity contribution in [2.45, 2.75) is 31.7 Å². The Kier molecular flexibility index (Phi) is 7.40. The van der Waals surface area contributed by atoms with Crippen LogP contribution >= 0.6 is 11.8 Å². The molecule has 0 unspecified atom stereocenters. The third kappa shape index (κ3) is 5.48. The van der Waals surface area contributed by atoms with Gasteiger partial charge in [-0.15, -0.1) is 10.2 Å². The molecule has 0 aliphatic rings. The highest BCUT2D eigenvalue weighted by atomic mass is 32.2. The van der Waals surface area contributed by atoms with Gasteiger partial charge in [0.25, 0.3) is 0 Å². The Morgan fingerprint density at radius 1 is 0.969 bits per heavy atom. The number of carbonyl (C=O) groups is 1. The largest absolute Gasteiger partial charge is 0.485 e. The maximum Gasteiger partial charge on any atom is 0.306 e. The minimum atomic E-state index is -0.200. The summed E-state index contributed by atoms with van der Waals surface area (Å²) in [5, 5.41) is 11.7. The number of esters is 1. The molecule has 7 heteroatoms. The lowest BCUT2D eigenvalue weighted by molar-refractivity contribution is -0.142. The number of benzene rings is 3. The second-order valence-electron chi connectivity index (χ2n) is 7.14. The molecular weight excluding hydrogens is 422 g/mol. The Balaban J connectivity index is 1.52. The number of ether oxygens (including phenoxy) is 2. The molecule has 4 rings (SSSR count). The van der Waals surface area contributed by atoms with E-state index in [1.807, 2.05) is 49.4 Å². The van der Waals surface area contributed by atoms with Crippen molar-refractivity contribution in [1.82, 2.24) is 14.8 Å². The van der Waals surface area contributed by atoms with E-state index < -0.39 is 0 Å². The van der Waals surface area contributed by atoms with E-state index in [-0.39, 0.29) is 5.97 Å². The zero-order valence-corrected chi connectivity index (χ0v) is 18.8. The maximum absolute atomic E-state index is 11.7. The van der Waals surface area contributed by atoms with Crippen LogP contribution in [0.2, 0.25) is 0 Å². The monoisotopic (exact) mass is 447 g/mol. The predicted molar refractivity (Wildman–Crippen MR) is 126 cm³/mol. The zero-order chi connectivity index (χ0) is 22.2. The fraction of sp³-hybridized carbons (Fsp3) is 0.240. The van der Waals surface area contributed by atoms with Crippen molar-refractivity contribution in [3.8, 4) is 5.75 Å². The minimum absolute atomic E-state index is 0.200. The van der Waals surface area contributed by atoms with Crippen molar-refractivity contribution in [2.24, 2.45) is 0 Å². The van der Waals surface area contributed by atoms with Gasteiger partial charge in [0, 0.05) is 11.1 Å². The fourth-order valence-electron chi connectivity index (χ4n) is 3.38. The van der Waals surface area contributed by atoms with Gasteiger partial charge in [-0.2, -0.15) is 0 Å².